The molecule has 0 bridgehead atoms. The van der Waals surface area contributed by atoms with Gasteiger partial charge < -0.3 is 0 Å². The van der Waals surface area contributed by atoms with Gasteiger partial charge in [-0.05, 0) is 6.92 Å². The zero-order chi connectivity index (χ0) is 13.4. The van der Waals surface area contributed by atoms with Crippen LogP contribution in [0.5, 0.6) is 0 Å². The Balaban J connectivity index is 2.15. The highest BCUT2D eigenvalue weighted by atomic mass is 16.1. The second-order valence-corrected chi connectivity index (χ2v) is 4.02. The molecule has 0 aliphatic rings. The Labute approximate surface area is 106 Å². The molecule has 2 N–H and O–H groups in total. The monoisotopic (exact) mass is 255 g/mol. The van der Waals surface area contributed by atoms with Crippen LogP contribution in [-0.2, 0) is 0 Å². The van der Waals surface area contributed by atoms with E-state index < -0.39 is 0 Å². The van der Waals surface area contributed by atoms with Crippen LogP contribution in [0.25, 0.3) is 10.8 Å². The maximum absolute atomic E-state index is 12.0. The molecule has 1 aromatic heterocycles. The normalized spacial score (nSPS) is 10.8. The second-order valence-electron chi connectivity index (χ2n) is 4.02. The van der Waals surface area contributed by atoms with Gasteiger partial charge in [0.1, 0.15) is 5.82 Å². The zero-order valence-electron chi connectivity index (χ0n) is 9.97. The van der Waals surface area contributed by atoms with Gasteiger partial charge in [0.25, 0.3) is 5.95 Å². The largest absolute Gasteiger partial charge is 0.287 e. The molecule has 0 atom stereocenters. The van der Waals surface area contributed by atoms with E-state index in [9.17, 15) is 9.59 Å². The highest BCUT2D eigenvalue weighted by molar-refractivity contribution is 5.83. The van der Waals surface area contributed by atoms with Crippen molar-refractivity contribution in [3.05, 3.63) is 55.9 Å². The molecule has 0 saturated heterocycles. The molecule has 0 amide bonds. The topological polar surface area (TPSA) is 100 Å². The number of aromatic nitrogens is 3. The van der Waals surface area contributed by atoms with Crippen LogP contribution in [0.15, 0.2) is 39.0 Å². The van der Waals surface area contributed by atoms with E-state index >= 15 is 0 Å². The minimum absolute atomic E-state index is 0.149. The Bertz CT molecular complexity index is 852. The molecule has 94 valence electrons. The molecule has 0 saturated carbocycles. The van der Waals surface area contributed by atoms with Crippen LogP contribution in [0.1, 0.15) is 5.82 Å². The summed E-state index contributed by atoms with van der Waals surface area (Å²) in [6.07, 6.45) is 0. The van der Waals surface area contributed by atoms with Crippen molar-refractivity contribution in [1.82, 2.24) is 15.2 Å². The molecule has 7 heteroatoms. The van der Waals surface area contributed by atoms with Crippen LogP contribution in [0.3, 0.4) is 0 Å². The van der Waals surface area contributed by atoms with Crippen molar-refractivity contribution in [2.24, 2.45) is 5.10 Å². The average Bonchev–Trinajstić information content (AvgIpc) is 2.93. The maximum Gasteiger partial charge on any atom is 0.262 e. The molecule has 3 rings (SSSR count). The number of benzene rings is 1. The van der Waals surface area contributed by atoms with Crippen molar-refractivity contribution in [1.29, 1.82) is 0 Å². The Morgan fingerprint density at radius 1 is 1.16 bits per heavy atom. The lowest BCUT2D eigenvalue weighted by molar-refractivity contribution is 1.03. The summed E-state index contributed by atoms with van der Waals surface area (Å²) in [5, 5.41) is 10.8. The lowest BCUT2D eigenvalue weighted by Crippen LogP contribution is -2.32. The highest BCUT2D eigenvalue weighted by Crippen LogP contribution is 2.02. The minimum atomic E-state index is -0.389. The van der Waals surface area contributed by atoms with Gasteiger partial charge in [0.05, 0.1) is 0 Å². The molecule has 0 spiro atoms. The van der Waals surface area contributed by atoms with Crippen LogP contribution < -0.4 is 21.6 Å². The third kappa shape index (κ3) is 1.81. The van der Waals surface area contributed by atoms with Crippen LogP contribution in [0, 0.1) is 6.92 Å². The summed E-state index contributed by atoms with van der Waals surface area (Å²) in [4.78, 5) is 28.0. The summed E-state index contributed by atoms with van der Waals surface area (Å²) in [7, 11) is 0. The molecule has 0 radical (unpaired) electrons. The smallest absolute Gasteiger partial charge is 0.262 e. The summed E-state index contributed by atoms with van der Waals surface area (Å²) in [5.41, 5.74) is 1.72. The van der Waals surface area contributed by atoms with Gasteiger partial charge in [0.15, 0.2) is 5.36 Å². The quantitative estimate of drug-likeness (QED) is 0.617. The molecular weight excluding hydrogens is 246 g/mol. The Morgan fingerprint density at radius 3 is 2.32 bits per heavy atom. The van der Waals surface area contributed by atoms with Gasteiger partial charge >= 0.3 is 0 Å². The van der Waals surface area contributed by atoms with Crippen molar-refractivity contribution in [2.75, 3.05) is 5.43 Å². The number of rotatable bonds is 2. The fraction of sp³-hybridized carbons (Fsp3) is 0.0833. The van der Waals surface area contributed by atoms with E-state index in [1.807, 2.05) is 0 Å². The van der Waals surface area contributed by atoms with E-state index in [0.717, 1.165) is 0 Å². The minimum Gasteiger partial charge on any atom is -0.287 e. The van der Waals surface area contributed by atoms with Crippen LogP contribution in [0.4, 0.5) is 5.95 Å². The van der Waals surface area contributed by atoms with Crippen molar-refractivity contribution in [2.45, 2.75) is 6.92 Å². The number of nitrogens with zero attached hydrogens (tertiary/aromatic N) is 3. The van der Waals surface area contributed by atoms with Crippen molar-refractivity contribution < 1.29 is 0 Å². The zero-order valence-corrected chi connectivity index (χ0v) is 9.97. The molecule has 3 aromatic rings. The van der Waals surface area contributed by atoms with Gasteiger partial charge in [-0.25, -0.2) is 5.43 Å². The average molecular weight is 255 g/mol. The van der Waals surface area contributed by atoms with E-state index in [1.165, 1.54) is 0 Å². The number of hydrogen-bond donors (Lipinski definition) is 2. The number of hydrogen-bond acceptors (Lipinski definition) is 6. The first kappa shape index (κ1) is 11.3. The fourth-order valence-corrected chi connectivity index (χ4v) is 1.84. The van der Waals surface area contributed by atoms with Gasteiger partial charge in [0, 0.05) is 10.8 Å². The van der Waals surface area contributed by atoms with E-state index in [2.05, 4.69) is 25.7 Å². The Kier molecular flexibility index (Phi) is 2.45. The summed E-state index contributed by atoms with van der Waals surface area (Å²) >= 11 is 0. The lowest BCUT2D eigenvalue weighted by Gasteiger charge is -1.87. The van der Waals surface area contributed by atoms with Crippen LogP contribution in [-0.4, -0.2) is 15.2 Å². The third-order valence-corrected chi connectivity index (χ3v) is 2.71. The molecule has 2 aromatic carbocycles. The fourth-order valence-electron chi connectivity index (χ4n) is 1.84. The number of anilines is 1. The van der Waals surface area contributed by atoms with Gasteiger partial charge in [-0.15, -0.1) is 5.10 Å². The number of aryl methyl sites for hydroxylation is 1. The van der Waals surface area contributed by atoms with Crippen molar-refractivity contribution in [3.8, 4) is 0 Å². The van der Waals surface area contributed by atoms with Gasteiger partial charge in [-0.3, -0.25) is 14.7 Å². The molecule has 0 aliphatic carbocycles. The molecular formula is C12H9N5O2. The number of aromatic amines is 1. The standard InChI is InChI=1S/C12H9N5O2/c1-6-13-12(16-14-6)17-15-9-10(18)7-4-2-3-5-8(7)11(9)19/h2-5H,1H3,(H2,13,14,16,17). The van der Waals surface area contributed by atoms with Crippen molar-refractivity contribution >= 4 is 16.7 Å². The SMILES string of the molecule is Cc1nc(NN=c2c(=O)c3ccccc3c2=O)n[nH]1. The Morgan fingerprint density at radius 2 is 1.79 bits per heavy atom. The van der Waals surface area contributed by atoms with Gasteiger partial charge in [-0.1, -0.05) is 24.3 Å². The first-order valence-corrected chi connectivity index (χ1v) is 5.58. The van der Waals surface area contributed by atoms with Gasteiger partial charge in [-0.2, -0.15) is 10.1 Å². The summed E-state index contributed by atoms with van der Waals surface area (Å²) in [6, 6.07) is 6.63. The summed E-state index contributed by atoms with van der Waals surface area (Å²) < 4.78 is 0. The maximum atomic E-state index is 12.0. The van der Waals surface area contributed by atoms with E-state index in [1.54, 1.807) is 31.2 Å². The first-order chi connectivity index (χ1) is 9.16. The van der Waals surface area contributed by atoms with E-state index in [0.29, 0.717) is 16.6 Å². The van der Waals surface area contributed by atoms with Crippen LogP contribution >= 0.6 is 0 Å². The van der Waals surface area contributed by atoms with Crippen LogP contribution in [0.2, 0.25) is 0 Å². The van der Waals surface area contributed by atoms with Gasteiger partial charge in [0.2, 0.25) is 10.9 Å². The predicted molar refractivity (Wildman–Crippen MR) is 69.2 cm³/mol. The number of fused-ring (bicyclic) bond motifs is 1. The summed E-state index contributed by atoms with van der Waals surface area (Å²) in [5.74, 6) is 0.816. The molecule has 0 unspecified atom stereocenters. The number of H-pyrrole nitrogens is 1. The lowest BCUT2D eigenvalue weighted by atomic mass is 10.2. The second kappa shape index (κ2) is 4.13. The van der Waals surface area contributed by atoms with E-state index in [4.69, 9.17) is 0 Å². The highest BCUT2D eigenvalue weighted by Gasteiger charge is 2.09. The predicted octanol–water partition coefficient (Wildman–Crippen LogP) is -0.210. The van der Waals surface area contributed by atoms with E-state index in [-0.39, 0.29) is 22.2 Å². The molecule has 19 heavy (non-hydrogen) atoms. The first-order valence-electron chi connectivity index (χ1n) is 5.58. The van der Waals surface area contributed by atoms with Crippen molar-refractivity contribution in [3.63, 3.8) is 0 Å². The third-order valence-electron chi connectivity index (χ3n) is 2.71. The summed E-state index contributed by atoms with van der Waals surface area (Å²) in [6.45, 7) is 1.73. The Hall–Kier alpha value is -2.83. The molecule has 1 heterocycles. The molecule has 7 nitrogen and oxygen atoms in total. The molecule has 0 aliphatic heterocycles. The number of nitrogens with one attached hydrogen (secondary N) is 2. The molecule has 0 fully saturated rings.